The highest BCUT2D eigenvalue weighted by atomic mass is 19.1. The summed E-state index contributed by atoms with van der Waals surface area (Å²) >= 11 is 0. The van der Waals surface area contributed by atoms with E-state index in [9.17, 15) is 4.39 Å². The van der Waals surface area contributed by atoms with Crippen LogP contribution in [0.1, 0.15) is 48.6 Å². The van der Waals surface area contributed by atoms with Crippen molar-refractivity contribution in [3.8, 4) is 0 Å². The molecular weight excluding hydrogens is 201 g/mol. The fourth-order valence-corrected chi connectivity index (χ4v) is 2.68. The maximum Gasteiger partial charge on any atom is 0.126 e. The van der Waals surface area contributed by atoms with Crippen molar-refractivity contribution in [2.24, 2.45) is 0 Å². The number of rotatable bonds is 2. The summed E-state index contributed by atoms with van der Waals surface area (Å²) in [6, 6.07) is 5.95. The SMILES string of the molecule is Fc1cc(C2CCNCC2)ccc1C1CC1. The molecule has 2 heteroatoms. The van der Waals surface area contributed by atoms with Crippen molar-refractivity contribution in [1.29, 1.82) is 0 Å². The third-order valence-electron chi connectivity index (χ3n) is 3.85. The highest BCUT2D eigenvalue weighted by Gasteiger charge is 2.27. The predicted octanol–water partition coefficient (Wildman–Crippen LogP) is 3.17. The maximum absolute atomic E-state index is 13.9. The Bertz CT molecular complexity index is 378. The van der Waals surface area contributed by atoms with Gasteiger partial charge in [-0.1, -0.05) is 12.1 Å². The topological polar surface area (TPSA) is 12.0 Å². The van der Waals surface area contributed by atoms with Crippen LogP contribution in [0.15, 0.2) is 18.2 Å². The van der Waals surface area contributed by atoms with Crippen molar-refractivity contribution < 1.29 is 4.39 Å². The summed E-state index contributed by atoms with van der Waals surface area (Å²) < 4.78 is 13.9. The van der Waals surface area contributed by atoms with Gasteiger partial charge in [-0.2, -0.15) is 0 Å². The van der Waals surface area contributed by atoms with Gasteiger partial charge in [0.2, 0.25) is 0 Å². The molecule has 1 N–H and O–H groups in total. The Morgan fingerprint density at radius 2 is 1.75 bits per heavy atom. The fraction of sp³-hybridized carbons (Fsp3) is 0.571. The molecule has 1 aromatic rings. The smallest absolute Gasteiger partial charge is 0.126 e. The highest BCUT2D eigenvalue weighted by Crippen LogP contribution is 2.42. The molecule has 3 rings (SSSR count). The van der Waals surface area contributed by atoms with E-state index in [1.807, 2.05) is 6.07 Å². The Morgan fingerprint density at radius 1 is 1.00 bits per heavy atom. The largest absolute Gasteiger partial charge is 0.317 e. The molecule has 1 nitrogen and oxygen atoms in total. The van der Waals surface area contributed by atoms with Crippen LogP contribution in [0, 0.1) is 5.82 Å². The van der Waals surface area contributed by atoms with Crippen LogP contribution in [-0.4, -0.2) is 13.1 Å². The van der Waals surface area contributed by atoms with E-state index >= 15 is 0 Å². The van der Waals surface area contributed by atoms with E-state index in [4.69, 9.17) is 0 Å². The van der Waals surface area contributed by atoms with Crippen LogP contribution in [0.25, 0.3) is 0 Å². The number of halogens is 1. The molecule has 0 unspecified atom stereocenters. The van der Waals surface area contributed by atoms with Crippen LogP contribution in [0.2, 0.25) is 0 Å². The van der Waals surface area contributed by atoms with Crippen molar-refractivity contribution in [3.05, 3.63) is 35.1 Å². The minimum absolute atomic E-state index is 0.0264. The number of benzene rings is 1. The molecule has 16 heavy (non-hydrogen) atoms. The van der Waals surface area contributed by atoms with Crippen LogP contribution >= 0.6 is 0 Å². The summed E-state index contributed by atoms with van der Waals surface area (Å²) in [7, 11) is 0. The Hall–Kier alpha value is -0.890. The Morgan fingerprint density at radius 3 is 2.38 bits per heavy atom. The summed E-state index contributed by atoms with van der Waals surface area (Å²) in [5, 5.41) is 3.34. The third kappa shape index (κ3) is 1.99. The standard InChI is InChI=1S/C14H18FN/c15-14-9-12(10-5-7-16-8-6-10)3-4-13(14)11-1-2-11/h3-4,9-11,16H,1-2,5-8H2. The lowest BCUT2D eigenvalue weighted by atomic mass is 9.89. The van der Waals surface area contributed by atoms with Gasteiger partial charge in [-0.3, -0.25) is 0 Å². The number of hydrogen-bond acceptors (Lipinski definition) is 1. The van der Waals surface area contributed by atoms with Gasteiger partial charge in [0, 0.05) is 0 Å². The average molecular weight is 219 g/mol. The van der Waals surface area contributed by atoms with E-state index in [-0.39, 0.29) is 5.82 Å². The summed E-state index contributed by atoms with van der Waals surface area (Å²) in [4.78, 5) is 0. The zero-order chi connectivity index (χ0) is 11.0. The third-order valence-corrected chi connectivity index (χ3v) is 3.85. The molecule has 1 saturated heterocycles. The monoisotopic (exact) mass is 219 g/mol. The molecule has 0 radical (unpaired) electrons. The maximum atomic E-state index is 13.9. The van der Waals surface area contributed by atoms with Gasteiger partial charge in [0.1, 0.15) is 5.82 Å². The van der Waals surface area contributed by atoms with Gasteiger partial charge in [-0.25, -0.2) is 4.39 Å². The lowest BCUT2D eigenvalue weighted by Crippen LogP contribution is -2.26. The van der Waals surface area contributed by atoms with Crippen molar-refractivity contribution in [2.75, 3.05) is 13.1 Å². The first-order valence-corrected chi connectivity index (χ1v) is 6.34. The van der Waals surface area contributed by atoms with Gasteiger partial charge in [0.25, 0.3) is 0 Å². The van der Waals surface area contributed by atoms with Crippen LogP contribution in [0.3, 0.4) is 0 Å². The lowest BCUT2D eigenvalue weighted by Gasteiger charge is -2.23. The Balaban J connectivity index is 1.81. The van der Waals surface area contributed by atoms with Crippen LogP contribution in [0.4, 0.5) is 4.39 Å². The van der Waals surface area contributed by atoms with Gasteiger partial charge in [-0.15, -0.1) is 0 Å². The summed E-state index contributed by atoms with van der Waals surface area (Å²) in [5.74, 6) is 1.10. The molecule has 1 aliphatic carbocycles. The molecule has 2 fully saturated rings. The van der Waals surface area contributed by atoms with Crippen LogP contribution in [0.5, 0.6) is 0 Å². The second-order valence-electron chi connectivity index (χ2n) is 5.08. The molecule has 0 spiro atoms. The van der Waals surface area contributed by atoms with Crippen molar-refractivity contribution in [1.82, 2.24) is 5.32 Å². The van der Waals surface area contributed by atoms with Crippen LogP contribution < -0.4 is 5.32 Å². The minimum atomic E-state index is 0.0264. The molecule has 0 bridgehead atoms. The van der Waals surface area contributed by atoms with Gasteiger partial charge >= 0.3 is 0 Å². The van der Waals surface area contributed by atoms with E-state index in [1.165, 1.54) is 18.4 Å². The lowest BCUT2D eigenvalue weighted by molar-refractivity contribution is 0.458. The van der Waals surface area contributed by atoms with E-state index in [0.29, 0.717) is 11.8 Å². The zero-order valence-corrected chi connectivity index (χ0v) is 9.51. The van der Waals surface area contributed by atoms with E-state index < -0.39 is 0 Å². The fourth-order valence-electron chi connectivity index (χ4n) is 2.68. The number of piperidine rings is 1. The van der Waals surface area contributed by atoms with Crippen molar-refractivity contribution >= 4 is 0 Å². The molecule has 1 saturated carbocycles. The quantitative estimate of drug-likeness (QED) is 0.805. The normalized spacial score (nSPS) is 22.3. The molecule has 0 atom stereocenters. The minimum Gasteiger partial charge on any atom is -0.317 e. The van der Waals surface area contributed by atoms with Gasteiger partial charge in [-0.05, 0) is 67.8 Å². The van der Waals surface area contributed by atoms with Gasteiger partial charge < -0.3 is 5.32 Å². The first-order valence-electron chi connectivity index (χ1n) is 6.34. The average Bonchev–Trinajstić information content (AvgIpc) is 3.14. The number of nitrogens with one attached hydrogen (secondary N) is 1. The van der Waals surface area contributed by atoms with Gasteiger partial charge in [0.05, 0.1) is 0 Å². The molecule has 0 amide bonds. The number of hydrogen-bond donors (Lipinski definition) is 1. The highest BCUT2D eigenvalue weighted by molar-refractivity contribution is 5.31. The summed E-state index contributed by atoms with van der Waals surface area (Å²) in [6.45, 7) is 2.13. The summed E-state index contributed by atoms with van der Waals surface area (Å²) in [5.41, 5.74) is 2.14. The molecular formula is C14H18FN. The van der Waals surface area contributed by atoms with Crippen molar-refractivity contribution in [3.63, 3.8) is 0 Å². The Labute approximate surface area is 96.1 Å². The second kappa shape index (κ2) is 4.17. The summed E-state index contributed by atoms with van der Waals surface area (Å²) in [6.07, 6.45) is 4.62. The molecule has 1 heterocycles. The molecule has 1 aromatic carbocycles. The predicted molar refractivity (Wildman–Crippen MR) is 63.2 cm³/mol. The van der Waals surface area contributed by atoms with E-state index in [1.54, 1.807) is 6.07 Å². The molecule has 2 aliphatic rings. The van der Waals surface area contributed by atoms with Crippen LogP contribution in [-0.2, 0) is 0 Å². The van der Waals surface area contributed by atoms with Gasteiger partial charge in [0.15, 0.2) is 0 Å². The zero-order valence-electron chi connectivity index (χ0n) is 9.51. The van der Waals surface area contributed by atoms with E-state index in [0.717, 1.165) is 31.5 Å². The first-order chi connectivity index (χ1) is 7.84. The molecule has 1 aliphatic heterocycles. The molecule has 86 valence electrons. The Kier molecular flexibility index (Phi) is 2.68. The molecule has 0 aromatic heterocycles. The van der Waals surface area contributed by atoms with E-state index in [2.05, 4.69) is 11.4 Å². The first kappa shape index (κ1) is 10.3. The second-order valence-corrected chi connectivity index (χ2v) is 5.08. The van der Waals surface area contributed by atoms with Crippen molar-refractivity contribution in [2.45, 2.75) is 37.5 Å².